The van der Waals surface area contributed by atoms with E-state index in [4.69, 9.17) is 5.11 Å². The lowest BCUT2D eigenvalue weighted by Gasteiger charge is -2.07. The number of carbonyl (C=O) groups excluding carboxylic acids is 1. The van der Waals surface area contributed by atoms with Crippen molar-refractivity contribution in [2.45, 2.75) is 103 Å². The van der Waals surface area contributed by atoms with E-state index in [1.54, 1.807) is 24.3 Å². The molecule has 0 bridgehead atoms. The molecule has 4 nitrogen and oxygen atoms in total. The summed E-state index contributed by atoms with van der Waals surface area (Å²) in [6, 6.07) is 6.65. The molecule has 1 rings (SSSR count). The second-order valence-corrected chi connectivity index (χ2v) is 8.09. The number of Topliss-reactive ketones (excluding diaryl/α,β-unsaturated/α-hetero) is 1. The van der Waals surface area contributed by atoms with E-state index in [-0.39, 0.29) is 5.56 Å². The van der Waals surface area contributed by atoms with Crippen molar-refractivity contribution >= 4 is 17.4 Å². The molecule has 4 heteroatoms. The molecule has 1 aromatic carbocycles. The smallest absolute Gasteiger partial charge is 0.377 e. The number of carboxylic acids is 1. The maximum Gasteiger partial charge on any atom is 0.377 e. The van der Waals surface area contributed by atoms with E-state index in [2.05, 4.69) is 12.2 Å². The number of benzene rings is 1. The minimum absolute atomic E-state index is 0.218. The molecular weight excluding hydrogens is 362 g/mol. The van der Waals surface area contributed by atoms with Gasteiger partial charge >= 0.3 is 5.97 Å². The number of unbranched alkanes of at least 4 members (excludes halogenated alkanes) is 14. The van der Waals surface area contributed by atoms with Gasteiger partial charge in [-0.15, -0.1) is 0 Å². The van der Waals surface area contributed by atoms with Crippen LogP contribution in [0.1, 0.15) is 114 Å². The third-order valence-corrected chi connectivity index (χ3v) is 5.45. The average Bonchev–Trinajstić information content (AvgIpc) is 2.73. The molecule has 0 heterocycles. The molecule has 0 unspecified atom stereocenters. The molecule has 0 aromatic heterocycles. The van der Waals surface area contributed by atoms with Crippen LogP contribution < -0.4 is 5.32 Å². The molecule has 29 heavy (non-hydrogen) atoms. The molecule has 0 spiro atoms. The zero-order chi connectivity index (χ0) is 21.2. The van der Waals surface area contributed by atoms with Crippen molar-refractivity contribution < 1.29 is 14.7 Å². The van der Waals surface area contributed by atoms with Gasteiger partial charge in [0.25, 0.3) is 5.78 Å². The molecule has 164 valence electrons. The van der Waals surface area contributed by atoms with E-state index in [1.165, 1.54) is 89.9 Å². The lowest BCUT2D eigenvalue weighted by Crippen LogP contribution is -2.12. The fourth-order valence-corrected chi connectivity index (χ4v) is 3.59. The summed E-state index contributed by atoms with van der Waals surface area (Å²) in [6.07, 6.45) is 20.4. The largest absolute Gasteiger partial charge is 0.475 e. The Kier molecular flexibility index (Phi) is 14.8. The van der Waals surface area contributed by atoms with Crippen LogP contribution in [0.3, 0.4) is 0 Å². The Morgan fingerprint density at radius 1 is 0.690 bits per heavy atom. The molecule has 0 saturated heterocycles. The van der Waals surface area contributed by atoms with Crippen LogP contribution in [0.15, 0.2) is 24.3 Å². The van der Waals surface area contributed by atoms with Gasteiger partial charge in [-0.1, -0.05) is 96.8 Å². The lowest BCUT2D eigenvalue weighted by molar-refractivity contribution is -0.131. The number of nitrogens with one attached hydrogen (secondary N) is 1. The van der Waals surface area contributed by atoms with Crippen LogP contribution in [-0.4, -0.2) is 23.4 Å². The predicted molar refractivity (Wildman–Crippen MR) is 122 cm³/mol. The number of hydrogen-bond acceptors (Lipinski definition) is 3. The summed E-state index contributed by atoms with van der Waals surface area (Å²) in [6.45, 7) is 3.18. The molecule has 0 aliphatic heterocycles. The molecule has 0 aliphatic rings. The molecule has 0 amide bonds. The first kappa shape index (κ1) is 25.2. The summed E-state index contributed by atoms with van der Waals surface area (Å²) in [5.74, 6) is -2.28. The quantitative estimate of drug-likeness (QED) is 0.145. The average molecular weight is 404 g/mol. The minimum Gasteiger partial charge on any atom is -0.475 e. The summed E-state index contributed by atoms with van der Waals surface area (Å²) >= 11 is 0. The Morgan fingerprint density at radius 2 is 1.10 bits per heavy atom. The normalized spacial score (nSPS) is 10.8. The molecular formula is C25H41NO3. The highest BCUT2D eigenvalue weighted by atomic mass is 16.4. The summed E-state index contributed by atoms with van der Waals surface area (Å²) in [5.41, 5.74) is 1.15. The monoisotopic (exact) mass is 403 g/mol. The first-order valence-corrected chi connectivity index (χ1v) is 11.8. The summed E-state index contributed by atoms with van der Waals surface area (Å²) < 4.78 is 0. The SMILES string of the molecule is CCCCCCCCCCCCCCCCCNc1ccc(C(=O)C(=O)O)cc1. The molecule has 0 saturated carbocycles. The third-order valence-electron chi connectivity index (χ3n) is 5.45. The summed E-state index contributed by atoms with van der Waals surface area (Å²) in [7, 11) is 0. The van der Waals surface area contributed by atoms with Crippen LogP contribution >= 0.6 is 0 Å². The highest BCUT2D eigenvalue weighted by Gasteiger charge is 2.13. The van der Waals surface area contributed by atoms with E-state index in [9.17, 15) is 9.59 Å². The van der Waals surface area contributed by atoms with Crippen LogP contribution in [0.25, 0.3) is 0 Å². The van der Waals surface area contributed by atoms with Crippen molar-refractivity contribution in [1.29, 1.82) is 0 Å². The predicted octanol–water partition coefficient (Wildman–Crippen LogP) is 7.24. The van der Waals surface area contributed by atoms with Crippen molar-refractivity contribution in [1.82, 2.24) is 0 Å². The van der Waals surface area contributed by atoms with Crippen molar-refractivity contribution in [2.24, 2.45) is 0 Å². The molecule has 0 radical (unpaired) electrons. The lowest BCUT2D eigenvalue weighted by atomic mass is 10.0. The van der Waals surface area contributed by atoms with Gasteiger partial charge < -0.3 is 10.4 Å². The van der Waals surface area contributed by atoms with Gasteiger partial charge in [0.2, 0.25) is 0 Å². The molecule has 2 N–H and O–H groups in total. The summed E-state index contributed by atoms with van der Waals surface area (Å²) in [4.78, 5) is 22.0. The van der Waals surface area contributed by atoms with Crippen LogP contribution in [0.4, 0.5) is 5.69 Å². The molecule has 0 fully saturated rings. The number of carboxylic acid groups (broad SMARTS) is 1. The number of anilines is 1. The molecule has 1 aromatic rings. The third kappa shape index (κ3) is 13.1. The van der Waals surface area contributed by atoms with Gasteiger partial charge in [0.1, 0.15) is 0 Å². The fraction of sp³-hybridized carbons (Fsp3) is 0.680. The first-order valence-electron chi connectivity index (χ1n) is 11.8. The maximum atomic E-state index is 11.4. The molecule has 0 aliphatic carbocycles. The number of rotatable bonds is 19. The number of carbonyl (C=O) groups is 2. The van der Waals surface area contributed by atoms with E-state index >= 15 is 0 Å². The van der Waals surface area contributed by atoms with Crippen molar-refractivity contribution in [3.8, 4) is 0 Å². The van der Waals surface area contributed by atoms with Gasteiger partial charge in [0, 0.05) is 17.8 Å². The highest BCUT2D eigenvalue weighted by Crippen LogP contribution is 2.14. The Balaban J connectivity index is 1.88. The van der Waals surface area contributed by atoms with Crippen LogP contribution in [0.2, 0.25) is 0 Å². The topological polar surface area (TPSA) is 66.4 Å². The van der Waals surface area contributed by atoms with Crippen molar-refractivity contribution in [3.63, 3.8) is 0 Å². The Labute approximate surface area is 177 Å². The minimum atomic E-state index is -1.41. The van der Waals surface area contributed by atoms with E-state index in [0.29, 0.717) is 0 Å². The first-order chi connectivity index (χ1) is 14.1. The Hall–Kier alpha value is -1.84. The van der Waals surface area contributed by atoms with Crippen LogP contribution in [0.5, 0.6) is 0 Å². The fourth-order valence-electron chi connectivity index (χ4n) is 3.59. The molecule has 0 atom stereocenters. The summed E-state index contributed by atoms with van der Waals surface area (Å²) in [5, 5.41) is 12.0. The van der Waals surface area contributed by atoms with Gasteiger partial charge in [-0.05, 0) is 30.7 Å². The van der Waals surface area contributed by atoms with E-state index in [1.807, 2.05) is 0 Å². The standard InChI is InChI=1S/C25H41NO3/c1-2-3-4-5-6-7-8-9-10-11-12-13-14-15-16-21-26-23-19-17-22(18-20-23)24(27)25(28)29/h17-20,26H,2-16,21H2,1H3,(H,28,29). The number of aliphatic carboxylic acids is 1. The second-order valence-electron chi connectivity index (χ2n) is 8.09. The van der Waals surface area contributed by atoms with Gasteiger partial charge in [-0.25, -0.2) is 4.79 Å². The van der Waals surface area contributed by atoms with E-state index < -0.39 is 11.8 Å². The number of ketones is 1. The van der Waals surface area contributed by atoms with Gasteiger partial charge in [0.15, 0.2) is 0 Å². The zero-order valence-corrected chi connectivity index (χ0v) is 18.4. The number of hydrogen-bond donors (Lipinski definition) is 2. The van der Waals surface area contributed by atoms with E-state index in [0.717, 1.165) is 18.7 Å². The van der Waals surface area contributed by atoms with Crippen molar-refractivity contribution in [2.75, 3.05) is 11.9 Å². The zero-order valence-electron chi connectivity index (χ0n) is 18.4. The van der Waals surface area contributed by atoms with Crippen molar-refractivity contribution in [3.05, 3.63) is 29.8 Å². The Bertz CT molecular complexity index is 554. The van der Waals surface area contributed by atoms with Gasteiger partial charge in [-0.2, -0.15) is 0 Å². The van der Waals surface area contributed by atoms with Gasteiger partial charge in [0.05, 0.1) is 0 Å². The highest BCUT2D eigenvalue weighted by molar-refractivity contribution is 6.39. The van der Waals surface area contributed by atoms with Gasteiger partial charge in [-0.3, -0.25) is 4.79 Å². The Morgan fingerprint density at radius 3 is 1.52 bits per heavy atom. The van der Waals surface area contributed by atoms with Crippen LogP contribution in [0, 0.1) is 0 Å². The second kappa shape index (κ2) is 17.1. The van der Waals surface area contributed by atoms with Crippen LogP contribution in [-0.2, 0) is 4.79 Å². The maximum absolute atomic E-state index is 11.4.